The maximum absolute atomic E-state index is 12.0. The van der Waals surface area contributed by atoms with Gasteiger partial charge in [-0.05, 0) is 45.2 Å². The van der Waals surface area contributed by atoms with Crippen LogP contribution in [0.25, 0.3) is 0 Å². The summed E-state index contributed by atoms with van der Waals surface area (Å²) >= 11 is 1.55. The first kappa shape index (κ1) is 15.2. The summed E-state index contributed by atoms with van der Waals surface area (Å²) in [5.74, 6) is -0.0291. The molecule has 4 heteroatoms. The van der Waals surface area contributed by atoms with E-state index in [4.69, 9.17) is 0 Å². The van der Waals surface area contributed by atoms with Crippen LogP contribution in [0.3, 0.4) is 0 Å². The molecule has 0 radical (unpaired) electrons. The summed E-state index contributed by atoms with van der Waals surface area (Å²) in [6.07, 6.45) is 2.31. The Labute approximate surface area is 113 Å². The molecule has 0 aromatic carbocycles. The van der Waals surface area contributed by atoms with Gasteiger partial charge >= 0.3 is 0 Å². The van der Waals surface area contributed by atoms with Gasteiger partial charge in [-0.2, -0.15) is 0 Å². The zero-order valence-corrected chi connectivity index (χ0v) is 12.4. The molecule has 18 heavy (non-hydrogen) atoms. The van der Waals surface area contributed by atoms with Gasteiger partial charge in [-0.3, -0.25) is 4.79 Å². The third-order valence-corrected chi connectivity index (χ3v) is 3.93. The van der Waals surface area contributed by atoms with Gasteiger partial charge in [0.25, 0.3) is 5.91 Å². The zero-order chi connectivity index (χ0) is 13.7. The van der Waals surface area contributed by atoms with E-state index in [1.807, 2.05) is 13.0 Å². The molecule has 1 aromatic rings. The lowest BCUT2D eigenvalue weighted by atomic mass is 10.1. The van der Waals surface area contributed by atoms with Gasteiger partial charge in [0.1, 0.15) is 0 Å². The predicted molar refractivity (Wildman–Crippen MR) is 76.3 cm³/mol. The van der Waals surface area contributed by atoms with Crippen LogP contribution in [0.1, 0.15) is 53.7 Å². The molecule has 2 N–H and O–H groups in total. The van der Waals surface area contributed by atoms with Crippen molar-refractivity contribution in [1.82, 2.24) is 5.32 Å². The second-order valence-electron chi connectivity index (χ2n) is 4.90. The fourth-order valence-corrected chi connectivity index (χ4v) is 2.99. The van der Waals surface area contributed by atoms with Gasteiger partial charge in [-0.1, -0.05) is 13.3 Å². The largest absolute Gasteiger partial charge is 0.393 e. The SMILES string of the molecule is CCCc1cc(C(=O)NC(C)CC(C)O)sc1C. The number of aliphatic hydroxyl groups is 1. The molecule has 1 amide bonds. The quantitative estimate of drug-likeness (QED) is 0.834. The van der Waals surface area contributed by atoms with E-state index in [0.717, 1.165) is 17.7 Å². The molecule has 1 rings (SSSR count). The molecule has 0 aliphatic carbocycles. The Bertz CT molecular complexity index is 398. The highest BCUT2D eigenvalue weighted by atomic mass is 32.1. The van der Waals surface area contributed by atoms with Crippen molar-refractivity contribution in [2.75, 3.05) is 0 Å². The number of carbonyl (C=O) groups is 1. The van der Waals surface area contributed by atoms with Gasteiger partial charge in [0.15, 0.2) is 0 Å². The molecule has 0 aliphatic rings. The average Bonchev–Trinajstić information content (AvgIpc) is 2.59. The maximum Gasteiger partial charge on any atom is 0.261 e. The van der Waals surface area contributed by atoms with E-state index in [0.29, 0.717) is 6.42 Å². The summed E-state index contributed by atoms with van der Waals surface area (Å²) in [7, 11) is 0. The Balaban J connectivity index is 2.64. The Kier molecular flexibility index (Phi) is 5.82. The molecule has 0 spiro atoms. The molecule has 0 saturated carbocycles. The van der Waals surface area contributed by atoms with Crippen molar-refractivity contribution in [3.63, 3.8) is 0 Å². The van der Waals surface area contributed by atoms with Gasteiger partial charge in [0.2, 0.25) is 0 Å². The minimum absolute atomic E-state index is 0.00506. The van der Waals surface area contributed by atoms with Crippen LogP contribution in [0.15, 0.2) is 6.07 Å². The smallest absolute Gasteiger partial charge is 0.261 e. The van der Waals surface area contributed by atoms with Gasteiger partial charge in [0, 0.05) is 10.9 Å². The average molecular weight is 269 g/mol. The lowest BCUT2D eigenvalue weighted by molar-refractivity contribution is 0.0927. The Morgan fingerprint density at radius 2 is 2.17 bits per heavy atom. The molecule has 1 heterocycles. The van der Waals surface area contributed by atoms with Crippen LogP contribution in [-0.4, -0.2) is 23.2 Å². The lowest BCUT2D eigenvalue weighted by Gasteiger charge is -2.14. The highest BCUT2D eigenvalue weighted by molar-refractivity contribution is 7.14. The van der Waals surface area contributed by atoms with Crippen LogP contribution in [0.5, 0.6) is 0 Å². The summed E-state index contributed by atoms with van der Waals surface area (Å²) in [5, 5.41) is 12.2. The highest BCUT2D eigenvalue weighted by Gasteiger charge is 2.15. The number of carbonyl (C=O) groups excluding carboxylic acids is 1. The van der Waals surface area contributed by atoms with E-state index >= 15 is 0 Å². The van der Waals surface area contributed by atoms with Crippen LogP contribution in [-0.2, 0) is 6.42 Å². The van der Waals surface area contributed by atoms with Crippen molar-refractivity contribution >= 4 is 17.2 Å². The van der Waals surface area contributed by atoms with Crippen LogP contribution in [0.2, 0.25) is 0 Å². The molecule has 2 unspecified atom stereocenters. The number of hydrogen-bond donors (Lipinski definition) is 2. The second-order valence-corrected chi connectivity index (χ2v) is 6.16. The molecule has 3 nitrogen and oxygen atoms in total. The topological polar surface area (TPSA) is 49.3 Å². The second kappa shape index (κ2) is 6.90. The minimum atomic E-state index is -0.388. The molecule has 1 aromatic heterocycles. The van der Waals surface area contributed by atoms with Crippen LogP contribution in [0, 0.1) is 6.92 Å². The number of hydrogen-bond acceptors (Lipinski definition) is 3. The van der Waals surface area contributed by atoms with Crippen molar-refractivity contribution in [3.05, 3.63) is 21.4 Å². The number of aliphatic hydroxyl groups excluding tert-OH is 1. The summed E-state index contributed by atoms with van der Waals surface area (Å²) in [5.41, 5.74) is 1.27. The fourth-order valence-electron chi connectivity index (χ4n) is 2.01. The number of nitrogens with one attached hydrogen (secondary N) is 1. The van der Waals surface area contributed by atoms with Crippen molar-refractivity contribution in [2.24, 2.45) is 0 Å². The summed E-state index contributed by atoms with van der Waals surface area (Å²) in [4.78, 5) is 14.0. The third kappa shape index (κ3) is 4.42. The van der Waals surface area contributed by atoms with E-state index in [1.165, 1.54) is 10.4 Å². The van der Waals surface area contributed by atoms with Crippen molar-refractivity contribution < 1.29 is 9.90 Å². The monoisotopic (exact) mass is 269 g/mol. The molecule has 2 atom stereocenters. The summed E-state index contributed by atoms with van der Waals surface area (Å²) in [6.45, 7) is 7.85. The van der Waals surface area contributed by atoms with Crippen LogP contribution < -0.4 is 5.32 Å². The first-order chi connectivity index (χ1) is 8.43. The number of rotatable bonds is 6. The normalized spacial score (nSPS) is 14.3. The van der Waals surface area contributed by atoms with Gasteiger partial charge in [-0.15, -0.1) is 11.3 Å². The number of thiophene rings is 1. The highest BCUT2D eigenvalue weighted by Crippen LogP contribution is 2.22. The zero-order valence-electron chi connectivity index (χ0n) is 11.6. The van der Waals surface area contributed by atoms with E-state index in [9.17, 15) is 9.90 Å². The number of aryl methyl sites for hydroxylation is 2. The molecule has 0 bridgehead atoms. The first-order valence-electron chi connectivity index (χ1n) is 6.52. The maximum atomic E-state index is 12.0. The van der Waals surface area contributed by atoms with E-state index < -0.39 is 0 Å². The Morgan fingerprint density at radius 1 is 1.50 bits per heavy atom. The fraction of sp³-hybridized carbons (Fsp3) is 0.643. The van der Waals surface area contributed by atoms with Gasteiger partial charge in [0.05, 0.1) is 11.0 Å². The van der Waals surface area contributed by atoms with Crippen molar-refractivity contribution in [3.8, 4) is 0 Å². The molecule has 0 saturated heterocycles. The standard InChI is InChI=1S/C14H23NO2S/c1-5-6-12-8-13(18-11(12)4)14(17)15-9(2)7-10(3)16/h8-10,16H,5-7H2,1-4H3,(H,15,17). The predicted octanol–water partition coefficient (Wildman–Crippen LogP) is 2.90. The summed E-state index contributed by atoms with van der Waals surface area (Å²) in [6, 6.07) is 1.99. The molecular weight excluding hydrogens is 246 g/mol. The Hall–Kier alpha value is -0.870. The first-order valence-corrected chi connectivity index (χ1v) is 7.33. The van der Waals surface area contributed by atoms with Gasteiger partial charge in [-0.25, -0.2) is 0 Å². The number of amides is 1. The van der Waals surface area contributed by atoms with Crippen LogP contribution >= 0.6 is 11.3 Å². The van der Waals surface area contributed by atoms with E-state index in [2.05, 4.69) is 19.2 Å². The van der Waals surface area contributed by atoms with Crippen molar-refractivity contribution in [2.45, 2.75) is 59.1 Å². The minimum Gasteiger partial charge on any atom is -0.393 e. The molecule has 102 valence electrons. The van der Waals surface area contributed by atoms with E-state index in [-0.39, 0.29) is 18.1 Å². The van der Waals surface area contributed by atoms with Crippen molar-refractivity contribution in [1.29, 1.82) is 0 Å². The van der Waals surface area contributed by atoms with Crippen LogP contribution in [0.4, 0.5) is 0 Å². The van der Waals surface area contributed by atoms with Gasteiger partial charge < -0.3 is 10.4 Å². The lowest BCUT2D eigenvalue weighted by Crippen LogP contribution is -2.34. The Morgan fingerprint density at radius 3 is 2.72 bits per heavy atom. The molecular formula is C14H23NO2S. The summed E-state index contributed by atoms with van der Waals surface area (Å²) < 4.78 is 0. The molecule has 0 aliphatic heterocycles. The third-order valence-electron chi connectivity index (χ3n) is 2.84. The molecule has 0 fully saturated rings. The van der Waals surface area contributed by atoms with E-state index in [1.54, 1.807) is 18.3 Å².